The van der Waals surface area contributed by atoms with Crippen LogP contribution < -0.4 is 0 Å². The Balaban J connectivity index is 1.68. The van der Waals surface area contributed by atoms with E-state index in [9.17, 15) is 0 Å². The average Bonchev–Trinajstić information content (AvgIpc) is 3.06. The molecule has 0 radical (unpaired) electrons. The summed E-state index contributed by atoms with van der Waals surface area (Å²) >= 11 is 3.24. The normalized spacial score (nSPS) is 10.8. The Morgan fingerprint density at radius 3 is 2.79 bits per heavy atom. The molecule has 19 heavy (non-hydrogen) atoms. The van der Waals surface area contributed by atoms with Crippen LogP contribution in [0.15, 0.2) is 50.1 Å². The van der Waals surface area contributed by atoms with E-state index in [1.165, 1.54) is 0 Å². The van der Waals surface area contributed by atoms with Gasteiger partial charge in [0.15, 0.2) is 10.4 Å². The van der Waals surface area contributed by atoms with Crippen molar-refractivity contribution in [1.29, 1.82) is 0 Å². The van der Waals surface area contributed by atoms with Crippen molar-refractivity contribution in [2.24, 2.45) is 0 Å². The Bertz CT molecular complexity index is 663. The number of halogens is 1. The number of pyridine rings is 1. The summed E-state index contributed by atoms with van der Waals surface area (Å²) in [4.78, 5) is 8.54. The number of nitrogens with zero attached hydrogens (tertiary/aromatic N) is 3. The molecule has 0 aliphatic rings. The van der Waals surface area contributed by atoms with Crippen molar-refractivity contribution in [3.63, 3.8) is 0 Å². The number of aromatic nitrogens is 3. The van der Waals surface area contributed by atoms with Gasteiger partial charge < -0.3 is 8.94 Å². The maximum absolute atomic E-state index is 5.36. The highest BCUT2D eigenvalue weighted by Gasteiger charge is 2.12. The third-order valence-electron chi connectivity index (χ3n) is 2.58. The first-order valence-electron chi connectivity index (χ1n) is 5.79. The van der Waals surface area contributed by atoms with E-state index in [1.54, 1.807) is 18.3 Å². The fraction of sp³-hybridized carbons (Fsp3) is 0.154. The van der Waals surface area contributed by atoms with Gasteiger partial charge in [0.2, 0.25) is 11.7 Å². The lowest BCUT2D eigenvalue weighted by atomic mass is 10.2. The molecule has 0 saturated carbocycles. The molecule has 3 aromatic rings. The molecule has 0 spiro atoms. The summed E-state index contributed by atoms with van der Waals surface area (Å²) in [5.74, 6) is 1.62. The quantitative estimate of drug-likeness (QED) is 0.738. The standard InChI is InChI=1S/C13H10BrN3O2/c14-11-6-5-10(18-11)13-16-12(19-17-13)7-4-9-3-1-2-8-15-9/h1-3,5-6,8H,4,7H2. The van der Waals surface area contributed by atoms with Crippen molar-refractivity contribution in [3.8, 4) is 11.6 Å². The maximum atomic E-state index is 5.36. The van der Waals surface area contributed by atoms with Crippen LogP contribution in [0.3, 0.4) is 0 Å². The summed E-state index contributed by atoms with van der Waals surface area (Å²) in [6, 6.07) is 9.41. The Kier molecular flexibility index (Phi) is 3.41. The first-order chi connectivity index (χ1) is 9.31. The van der Waals surface area contributed by atoms with Crippen LogP contribution >= 0.6 is 15.9 Å². The molecule has 0 fully saturated rings. The molecule has 0 aromatic carbocycles. The van der Waals surface area contributed by atoms with Crippen molar-refractivity contribution < 1.29 is 8.94 Å². The van der Waals surface area contributed by atoms with E-state index >= 15 is 0 Å². The van der Waals surface area contributed by atoms with E-state index in [-0.39, 0.29) is 0 Å². The fourth-order valence-corrected chi connectivity index (χ4v) is 1.98. The van der Waals surface area contributed by atoms with Gasteiger partial charge in [-0.3, -0.25) is 4.98 Å². The van der Waals surface area contributed by atoms with Gasteiger partial charge >= 0.3 is 0 Å². The Morgan fingerprint density at radius 1 is 1.11 bits per heavy atom. The van der Waals surface area contributed by atoms with E-state index in [1.807, 2.05) is 18.2 Å². The molecule has 96 valence electrons. The zero-order chi connectivity index (χ0) is 13.1. The third kappa shape index (κ3) is 2.90. The molecule has 0 bridgehead atoms. The highest BCUT2D eigenvalue weighted by atomic mass is 79.9. The molecule has 0 amide bonds. The van der Waals surface area contributed by atoms with Gasteiger partial charge in [-0.1, -0.05) is 11.2 Å². The van der Waals surface area contributed by atoms with Crippen molar-refractivity contribution in [1.82, 2.24) is 15.1 Å². The van der Waals surface area contributed by atoms with Crippen LogP contribution in [0.1, 0.15) is 11.6 Å². The summed E-state index contributed by atoms with van der Waals surface area (Å²) in [5, 5.41) is 3.89. The Labute approximate surface area is 117 Å². The van der Waals surface area contributed by atoms with Gasteiger partial charge in [-0.2, -0.15) is 4.98 Å². The Morgan fingerprint density at radius 2 is 2.05 bits per heavy atom. The fourth-order valence-electron chi connectivity index (χ4n) is 1.67. The molecule has 0 N–H and O–H groups in total. The van der Waals surface area contributed by atoms with Crippen LogP contribution in [-0.2, 0) is 12.8 Å². The van der Waals surface area contributed by atoms with Crippen LogP contribution in [0.4, 0.5) is 0 Å². The molecule has 0 aliphatic carbocycles. The molecule has 5 nitrogen and oxygen atoms in total. The second-order valence-corrected chi connectivity index (χ2v) is 4.72. The summed E-state index contributed by atoms with van der Waals surface area (Å²) in [6.45, 7) is 0. The minimum absolute atomic E-state index is 0.460. The number of rotatable bonds is 4. The molecule has 6 heteroatoms. The van der Waals surface area contributed by atoms with Crippen LogP contribution in [0.2, 0.25) is 0 Å². The van der Waals surface area contributed by atoms with Crippen molar-refractivity contribution in [2.75, 3.05) is 0 Å². The third-order valence-corrected chi connectivity index (χ3v) is 3.01. The van der Waals surface area contributed by atoms with Gasteiger partial charge in [-0.15, -0.1) is 0 Å². The van der Waals surface area contributed by atoms with Crippen molar-refractivity contribution in [2.45, 2.75) is 12.8 Å². The van der Waals surface area contributed by atoms with E-state index in [2.05, 4.69) is 31.1 Å². The second kappa shape index (κ2) is 5.36. The van der Waals surface area contributed by atoms with Crippen LogP contribution in [0, 0.1) is 0 Å². The smallest absolute Gasteiger partial charge is 0.238 e. The van der Waals surface area contributed by atoms with Crippen LogP contribution in [0.25, 0.3) is 11.6 Å². The molecule has 3 rings (SSSR count). The molecular weight excluding hydrogens is 310 g/mol. The first kappa shape index (κ1) is 12.1. The monoisotopic (exact) mass is 319 g/mol. The summed E-state index contributed by atoms with van der Waals surface area (Å²) < 4.78 is 11.2. The Hall–Kier alpha value is -1.95. The number of furan rings is 1. The number of hydrogen-bond donors (Lipinski definition) is 0. The van der Waals surface area contributed by atoms with Gasteiger partial charge in [0.1, 0.15) is 0 Å². The van der Waals surface area contributed by atoms with Gasteiger partial charge in [-0.05, 0) is 46.6 Å². The minimum Gasteiger partial charge on any atom is -0.446 e. The van der Waals surface area contributed by atoms with Crippen molar-refractivity contribution >= 4 is 15.9 Å². The van der Waals surface area contributed by atoms with Crippen molar-refractivity contribution in [3.05, 3.63) is 52.8 Å². The van der Waals surface area contributed by atoms with E-state index in [0.717, 1.165) is 12.1 Å². The largest absolute Gasteiger partial charge is 0.446 e. The van der Waals surface area contributed by atoms with Gasteiger partial charge in [0.25, 0.3) is 0 Å². The zero-order valence-corrected chi connectivity index (χ0v) is 11.5. The van der Waals surface area contributed by atoms with Crippen LogP contribution in [-0.4, -0.2) is 15.1 Å². The van der Waals surface area contributed by atoms with E-state index < -0.39 is 0 Å². The highest BCUT2D eigenvalue weighted by Crippen LogP contribution is 2.22. The molecule has 3 heterocycles. The average molecular weight is 320 g/mol. The van der Waals surface area contributed by atoms with Gasteiger partial charge in [0.05, 0.1) is 0 Å². The number of hydrogen-bond acceptors (Lipinski definition) is 5. The van der Waals surface area contributed by atoms with Crippen LogP contribution in [0.5, 0.6) is 0 Å². The predicted molar refractivity (Wildman–Crippen MR) is 71.3 cm³/mol. The van der Waals surface area contributed by atoms with E-state index in [0.29, 0.717) is 28.6 Å². The molecule has 3 aromatic heterocycles. The lowest BCUT2D eigenvalue weighted by Gasteiger charge is -1.95. The summed E-state index contributed by atoms with van der Waals surface area (Å²) in [5.41, 5.74) is 1.00. The molecule has 0 unspecified atom stereocenters. The highest BCUT2D eigenvalue weighted by molar-refractivity contribution is 9.10. The molecule has 0 saturated heterocycles. The van der Waals surface area contributed by atoms with E-state index in [4.69, 9.17) is 8.94 Å². The lowest BCUT2D eigenvalue weighted by Crippen LogP contribution is -1.93. The second-order valence-electron chi connectivity index (χ2n) is 3.94. The number of aryl methyl sites for hydroxylation is 2. The zero-order valence-electron chi connectivity index (χ0n) is 9.91. The minimum atomic E-state index is 0.460. The van der Waals surface area contributed by atoms with Gasteiger partial charge in [0, 0.05) is 18.3 Å². The summed E-state index contributed by atoms with van der Waals surface area (Å²) in [7, 11) is 0. The molecular formula is C13H10BrN3O2. The SMILES string of the molecule is Brc1ccc(-c2noc(CCc3ccccn3)n2)o1. The topological polar surface area (TPSA) is 65.0 Å². The lowest BCUT2D eigenvalue weighted by molar-refractivity contribution is 0.377. The van der Waals surface area contributed by atoms with Gasteiger partial charge in [-0.25, -0.2) is 0 Å². The maximum Gasteiger partial charge on any atom is 0.238 e. The molecule has 0 aliphatic heterocycles. The first-order valence-corrected chi connectivity index (χ1v) is 6.59. The predicted octanol–water partition coefficient (Wildman–Crippen LogP) is 3.27. The molecule has 0 atom stereocenters. The summed E-state index contributed by atoms with van der Waals surface area (Å²) in [6.07, 6.45) is 3.20.